The van der Waals surface area contributed by atoms with Crippen LogP contribution in [-0.2, 0) is 4.79 Å². The van der Waals surface area contributed by atoms with Crippen LogP contribution in [0.3, 0.4) is 0 Å². The van der Waals surface area contributed by atoms with Crippen molar-refractivity contribution in [1.82, 2.24) is 20.9 Å². The number of hydrogen-bond donors (Lipinski definition) is 3. The first-order chi connectivity index (χ1) is 12.3. The number of benzene rings is 1. The third-order valence-electron chi connectivity index (χ3n) is 5.86. The second-order valence-corrected chi connectivity index (χ2v) is 7.29. The molecule has 0 aromatic heterocycles. The Hall–Kier alpha value is -1.83. The molecular weight excluding hydrogens is 320 g/mol. The quantitative estimate of drug-likeness (QED) is 0.727. The van der Waals surface area contributed by atoms with Gasteiger partial charge in [0.1, 0.15) is 6.29 Å². The second-order valence-electron chi connectivity index (χ2n) is 7.29. The Kier molecular flexibility index (Phi) is 3.80. The predicted octanol–water partition coefficient (Wildman–Crippen LogP) is 0.533. The molecule has 4 aliphatic rings. The molecule has 4 atom stereocenters. The van der Waals surface area contributed by atoms with Gasteiger partial charge in [0, 0.05) is 13.1 Å². The zero-order chi connectivity index (χ0) is 16.8. The summed E-state index contributed by atoms with van der Waals surface area (Å²) >= 11 is 0. The fraction of sp³-hybridized carbons (Fsp3) is 0.611. The number of likely N-dealkylation sites (tertiary alicyclic amines) is 1. The Balaban J connectivity index is 1.39. The third-order valence-corrected chi connectivity index (χ3v) is 5.86. The van der Waals surface area contributed by atoms with E-state index < -0.39 is 0 Å². The number of nitrogens with one attached hydrogen (secondary N) is 3. The van der Waals surface area contributed by atoms with Gasteiger partial charge >= 0.3 is 0 Å². The van der Waals surface area contributed by atoms with Gasteiger partial charge in [0.15, 0.2) is 11.5 Å². The van der Waals surface area contributed by atoms with E-state index in [1.807, 2.05) is 12.1 Å². The SMILES string of the molecule is O=C1NC(N2CCCC2)NC2NCCC(c3ccc4c(c3)OCO4)C12. The lowest BCUT2D eigenvalue weighted by molar-refractivity contribution is -0.135. The lowest BCUT2D eigenvalue weighted by atomic mass is 9.77. The van der Waals surface area contributed by atoms with E-state index in [0.717, 1.165) is 43.1 Å². The summed E-state index contributed by atoms with van der Waals surface area (Å²) < 4.78 is 10.9. The largest absolute Gasteiger partial charge is 0.454 e. The van der Waals surface area contributed by atoms with Crippen LogP contribution in [-0.4, -0.2) is 49.7 Å². The lowest BCUT2D eigenvalue weighted by Crippen LogP contribution is -2.72. The van der Waals surface area contributed by atoms with Crippen molar-refractivity contribution in [2.75, 3.05) is 26.4 Å². The van der Waals surface area contributed by atoms with Crippen molar-refractivity contribution in [2.24, 2.45) is 5.92 Å². The molecule has 4 unspecified atom stereocenters. The number of fused-ring (bicyclic) bond motifs is 2. The van der Waals surface area contributed by atoms with Gasteiger partial charge in [0.25, 0.3) is 0 Å². The van der Waals surface area contributed by atoms with Gasteiger partial charge in [-0.1, -0.05) is 6.07 Å². The van der Waals surface area contributed by atoms with Crippen LogP contribution in [0.1, 0.15) is 30.7 Å². The smallest absolute Gasteiger partial charge is 0.231 e. The number of nitrogens with zero attached hydrogens (tertiary/aromatic N) is 1. The van der Waals surface area contributed by atoms with E-state index in [1.54, 1.807) is 0 Å². The van der Waals surface area contributed by atoms with Crippen LogP contribution >= 0.6 is 0 Å². The summed E-state index contributed by atoms with van der Waals surface area (Å²) in [6, 6.07) is 6.06. The molecule has 0 saturated carbocycles. The first-order valence-electron chi connectivity index (χ1n) is 9.23. The summed E-state index contributed by atoms with van der Waals surface area (Å²) in [5.41, 5.74) is 1.15. The van der Waals surface area contributed by atoms with E-state index in [0.29, 0.717) is 0 Å². The minimum absolute atomic E-state index is 0.00326. The molecular formula is C18H24N4O3. The fourth-order valence-electron chi connectivity index (χ4n) is 4.59. The number of hydrogen-bond acceptors (Lipinski definition) is 6. The number of rotatable bonds is 2. The summed E-state index contributed by atoms with van der Waals surface area (Å²) in [6.45, 7) is 3.26. The van der Waals surface area contributed by atoms with Crippen LogP contribution in [0.25, 0.3) is 0 Å². The maximum Gasteiger partial charge on any atom is 0.231 e. The summed E-state index contributed by atoms with van der Waals surface area (Å²) in [4.78, 5) is 15.3. The van der Waals surface area contributed by atoms with Gasteiger partial charge in [-0.05, 0) is 49.4 Å². The van der Waals surface area contributed by atoms with Crippen LogP contribution in [0.5, 0.6) is 11.5 Å². The maximum absolute atomic E-state index is 12.9. The average Bonchev–Trinajstić information content (AvgIpc) is 3.32. The molecule has 7 heteroatoms. The Labute approximate surface area is 147 Å². The van der Waals surface area contributed by atoms with E-state index >= 15 is 0 Å². The van der Waals surface area contributed by atoms with Crippen molar-refractivity contribution in [2.45, 2.75) is 37.6 Å². The predicted molar refractivity (Wildman–Crippen MR) is 91.1 cm³/mol. The second kappa shape index (κ2) is 6.16. The van der Waals surface area contributed by atoms with Crippen LogP contribution in [0.15, 0.2) is 18.2 Å². The highest BCUT2D eigenvalue weighted by Gasteiger charge is 2.45. The summed E-state index contributed by atoms with van der Waals surface area (Å²) in [6.07, 6.45) is 3.29. The number of carbonyl (C=O) groups is 1. The van der Waals surface area contributed by atoms with Gasteiger partial charge in [-0.3, -0.25) is 15.0 Å². The standard InChI is InChI=1S/C18H24N4O3/c23-17-15-12(11-3-4-13-14(9-11)25-10-24-13)5-6-19-16(15)20-18(21-17)22-7-1-2-8-22/h3-4,9,12,15-16,18-20H,1-2,5-8,10H2,(H,21,23). The number of ether oxygens (including phenoxy) is 2. The molecule has 4 aliphatic heterocycles. The zero-order valence-corrected chi connectivity index (χ0v) is 14.2. The van der Waals surface area contributed by atoms with E-state index in [-0.39, 0.29) is 37.0 Å². The molecule has 0 spiro atoms. The molecule has 134 valence electrons. The van der Waals surface area contributed by atoms with Crippen molar-refractivity contribution in [3.05, 3.63) is 23.8 Å². The third kappa shape index (κ3) is 2.67. The Morgan fingerprint density at radius 3 is 2.84 bits per heavy atom. The monoisotopic (exact) mass is 344 g/mol. The van der Waals surface area contributed by atoms with E-state index in [4.69, 9.17) is 9.47 Å². The Morgan fingerprint density at radius 2 is 1.96 bits per heavy atom. The van der Waals surface area contributed by atoms with E-state index in [9.17, 15) is 4.79 Å². The molecule has 3 N–H and O–H groups in total. The number of amides is 1. The van der Waals surface area contributed by atoms with Crippen LogP contribution in [0.2, 0.25) is 0 Å². The van der Waals surface area contributed by atoms with Gasteiger partial charge in [-0.2, -0.15) is 0 Å². The van der Waals surface area contributed by atoms with Crippen LogP contribution in [0, 0.1) is 5.92 Å². The molecule has 1 amide bonds. The molecule has 0 radical (unpaired) electrons. The maximum atomic E-state index is 12.9. The van der Waals surface area contributed by atoms with Crippen molar-refractivity contribution in [3.63, 3.8) is 0 Å². The van der Waals surface area contributed by atoms with Crippen molar-refractivity contribution >= 4 is 5.91 Å². The Bertz CT molecular complexity index is 676. The number of carbonyl (C=O) groups excluding carboxylic acids is 1. The molecule has 7 nitrogen and oxygen atoms in total. The zero-order valence-electron chi connectivity index (χ0n) is 14.2. The highest BCUT2D eigenvalue weighted by Crippen LogP contribution is 2.40. The molecule has 3 saturated heterocycles. The van der Waals surface area contributed by atoms with E-state index in [1.165, 1.54) is 12.8 Å². The van der Waals surface area contributed by atoms with Crippen LogP contribution in [0.4, 0.5) is 0 Å². The summed E-state index contributed by atoms with van der Waals surface area (Å²) in [7, 11) is 0. The molecule has 25 heavy (non-hydrogen) atoms. The molecule has 4 heterocycles. The first-order valence-corrected chi connectivity index (χ1v) is 9.23. The van der Waals surface area contributed by atoms with Gasteiger partial charge in [0.2, 0.25) is 12.7 Å². The van der Waals surface area contributed by atoms with Gasteiger partial charge in [-0.25, -0.2) is 0 Å². The molecule has 0 bridgehead atoms. The summed E-state index contributed by atoms with van der Waals surface area (Å²) in [5, 5.41) is 10.3. The topological polar surface area (TPSA) is 74.9 Å². The fourth-order valence-corrected chi connectivity index (χ4v) is 4.59. The first kappa shape index (κ1) is 15.4. The molecule has 5 rings (SSSR count). The normalized spacial score (nSPS) is 34.6. The highest BCUT2D eigenvalue weighted by atomic mass is 16.7. The van der Waals surface area contributed by atoms with Crippen LogP contribution < -0.4 is 25.4 Å². The highest BCUT2D eigenvalue weighted by molar-refractivity contribution is 5.81. The van der Waals surface area contributed by atoms with Crippen molar-refractivity contribution < 1.29 is 14.3 Å². The van der Waals surface area contributed by atoms with Gasteiger partial charge < -0.3 is 20.1 Å². The van der Waals surface area contributed by atoms with Crippen molar-refractivity contribution in [1.29, 1.82) is 0 Å². The molecule has 1 aromatic rings. The lowest BCUT2D eigenvalue weighted by Gasteiger charge is -2.46. The van der Waals surface area contributed by atoms with Crippen molar-refractivity contribution in [3.8, 4) is 11.5 Å². The number of piperidine rings is 1. The average molecular weight is 344 g/mol. The van der Waals surface area contributed by atoms with Gasteiger partial charge in [0.05, 0.1) is 12.1 Å². The Morgan fingerprint density at radius 1 is 1.12 bits per heavy atom. The van der Waals surface area contributed by atoms with E-state index in [2.05, 4.69) is 26.9 Å². The molecule has 1 aromatic carbocycles. The molecule has 0 aliphatic carbocycles. The summed E-state index contributed by atoms with van der Waals surface area (Å²) in [5.74, 6) is 1.76. The van der Waals surface area contributed by atoms with Gasteiger partial charge in [-0.15, -0.1) is 0 Å². The minimum atomic E-state index is -0.118. The molecule has 3 fully saturated rings. The minimum Gasteiger partial charge on any atom is -0.454 e.